The third kappa shape index (κ3) is 0.803. The first-order valence-corrected chi connectivity index (χ1v) is 3.63. The van der Waals surface area contributed by atoms with Gasteiger partial charge in [0.1, 0.15) is 0 Å². The van der Waals surface area contributed by atoms with Crippen LogP contribution in [0.25, 0.3) is 0 Å². The fourth-order valence-electron chi connectivity index (χ4n) is 1.61. The van der Waals surface area contributed by atoms with Gasteiger partial charge in [-0.05, 0) is 12.8 Å². The molecule has 2 rings (SSSR count). The molecule has 1 aliphatic heterocycles. The SMILES string of the molecule is O=C1CC2(CC=CC2)C(=O)O1. The van der Waals surface area contributed by atoms with Crippen molar-refractivity contribution in [3.8, 4) is 0 Å². The predicted octanol–water partition coefficient (Wildman–Crippen LogP) is 0.796. The molecule has 1 aliphatic carbocycles. The fourth-order valence-corrected chi connectivity index (χ4v) is 1.61. The minimum Gasteiger partial charge on any atom is -0.393 e. The molecule has 0 bridgehead atoms. The first-order valence-electron chi connectivity index (χ1n) is 3.63. The number of hydrogen-bond acceptors (Lipinski definition) is 3. The summed E-state index contributed by atoms with van der Waals surface area (Å²) >= 11 is 0. The van der Waals surface area contributed by atoms with Gasteiger partial charge in [0.2, 0.25) is 0 Å². The number of carbonyl (C=O) groups excluding carboxylic acids is 2. The van der Waals surface area contributed by atoms with Crippen LogP contribution in [-0.2, 0) is 14.3 Å². The molecule has 0 N–H and O–H groups in total. The maximum Gasteiger partial charge on any atom is 0.320 e. The van der Waals surface area contributed by atoms with E-state index in [0.29, 0.717) is 12.8 Å². The van der Waals surface area contributed by atoms with E-state index in [2.05, 4.69) is 4.74 Å². The Hall–Kier alpha value is -1.12. The minimum absolute atomic E-state index is 0.263. The molecule has 0 amide bonds. The van der Waals surface area contributed by atoms with Gasteiger partial charge in [0, 0.05) is 0 Å². The molecule has 58 valence electrons. The largest absolute Gasteiger partial charge is 0.393 e. The molecular weight excluding hydrogens is 144 g/mol. The number of ether oxygens (including phenoxy) is 1. The Kier molecular flexibility index (Phi) is 1.16. The van der Waals surface area contributed by atoms with Gasteiger partial charge in [-0.3, -0.25) is 9.59 Å². The number of cyclic esters (lactones) is 2. The summed E-state index contributed by atoms with van der Waals surface area (Å²) in [6.07, 6.45) is 5.45. The zero-order chi connectivity index (χ0) is 7.90. The lowest BCUT2D eigenvalue weighted by Crippen LogP contribution is -2.22. The lowest BCUT2D eigenvalue weighted by atomic mass is 9.84. The number of hydrogen-bond donors (Lipinski definition) is 0. The highest BCUT2D eigenvalue weighted by atomic mass is 16.6. The van der Waals surface area contributed by atoms with Crippen molar-refractivity contribution >= 4 is 11.9 Å². The number of esters is 2. The van der Waals surface area contributed by atoms with Gasteiger partial charge in [-0.1, -0.05) is 12.2 Å². The van der Waals surface area contributed by atoms with Crippen LogP contribution in [0.5, 0.6) is 0 Å². The molecule has 0 saturated carbocycles. The topological polar surface area (TPSA) is 43.4 Å². The summed E-state index contributed by atoms with van der Waals surface area (Å²) < 4.78 is 4.48. The van der Waals surface area contributed by atoms with Gasteiger partial charge < -0.3 is 4.74 Å². The van der Waals surface area contributed by atoms with Gasteiger partial charge in [-0.2, -0.15) is 0 Å². The van der Waals surface area contributed by atoms with Gasteiger partial charge in [-0.15, -0.1) is 0 Å². The molecule has 0 aromatic carbocycles. The van der Waals surface area contributed by atoms with Crippen LogP contribution in [0, 0.1) is 5.41 Å². The standard InChI is InChI=1S/C8H8O3/c9-6-5-8(7(10)11-6)3-1-2-4-8/h1-2H,3-5H2. The monoisotopic (exact) mass is 152 g/mol. The Morgan fingerprint density at radius 2 is 1.91 bits per heavy atom. The normalized spacial score (nSPS) is 26.5. The second-order valence-corrected chi connectivity index (χ2v) is 3.10. The van der Waals surface area contributed by atoms with E-state index in [1.54, 1.807) is 0 Å². The fraction of sp³-hybridized carbons (Fsp3) is 0.500. The van der Waals surface area contributed by atoms with E-state index in [1.165, 1.54) is 0 Å². The van der Waals surface area contributed by atoms with E-state index in [9.17, 15) is 9.59 Å². The van der Waals surface area contributed by atoms with Crippen molar-refractivity contribution in [2.24, 2.45) is 5.41 Å². The summed E-state index contributed by atoms with van der Waals surface area (Å²) in [7, 11) is 0. The molecule has 1 heterocycles. The van der Waals surface area contributed by atoms with Crippen LogP contribution in [0.1, 0.15) is 19.3 Å². The second kappa shape index (κ2) is 1.94. The van der Waals surface area contributed by atoms with Crippen molar-refractivity contribution in [3.63, 3.8) is 0 Å². The van der Waals surface area contributed by atoms with Crippen LogP contribution >= 0.6 is 0 Å². The van der Waals surface area contributed by atoms with Crippen LogP contribution in [0.2, 0.25) is 0 Å². The highest BCUT2D eigenvalue weighted by Gasteiger charge is 2.48. The molecule has 2 aliphatic rings. The summed E-state index contributed by atoms with van der Waals surface area (Å²) in [4.78, 5) is 21.9. The van der Waals surface area contributed by atoms with Gasteiger partial charge in [-0.25, -0.2) is 0 Å². The van der Waals surface area contributed by atoms with Crippen molar-refractivity contribution in [2.45, 2.75) is 19.3 Å². The van der Waals surface area contributed by atoms with Crippen molar-refractivity contribution in [1.82, 2.24) is 0 Å². The smallest absolute Gasteiger partial charge is 0.320 e. The van der Waals surface area contributed by atoms with Crippen molar-refractivity contribution in [1.29, 1.82) is 0 Å². The van der Waals surface area contributed by atoms with Gasteiger partial charge in [0.25, 0.3) is 0 Å². The van der Waals surface area contributed by atoms with Crippen LogP contribution in [0.15, 0.2) is 12.2 Å². The maximum atomic E-state index is 11.1. The van der Waals surface area contributed by atoms with Crippen molar-refractivity contribution in [2.75, 3.05) is 0 Å². The average Bonchev–Trinajstić information content (AvgIpc) is 2.45. The van der Waals surface area contributed by atoms with Gasteiger partial charge in [0.05, 0.1) is 11.8 Å². The average molecular weight is 152 g/mol. The Labute approximate surface area is 64.0 Å². The lowest BCUT2D eigenvalue weighted by Gasteiger charge is -2.14. The van der Waals surface area contributed by atoms with Crippen LogP contribution in [-0.4, -0.2) is 11.9 Å². The number of allylic oxidation sites excluding steroid dienone is 2. The molecule has 0 aromatic rings. The summed E-state index contributed by atoms with van der Waals surface area (Å²) in [5.41, 5.74) is -0.503. The van der Waals surface area contributed by atoms with E-state index in [1.807, 2.05) is 12.2 Å². The Balaban J connectivity index is 2.26. The minimum atomic E-state index is -0.503. The van der Waals surface area contributed by atoms with E-state index in [-0.39, 0.29) is 18.4 Å². The van der Waals surface area contributed by atoms with Crippen molar-refractivity contribution in [3.05, 3.63) is 12.2 Å². The van der Waals surface area contributed by atoms with E-state index >= 15 is 0 Å². The summed E-state index contributed by atoms with van der Waals surface area (Å²) in [6, 6.07) is 0. The molecule has 3 nitrogen and oxygen atoms in total. The number of carbonyl (C=O) groups is 2. The molecule has 1 spiro atoms. The molecular formula is C8H8O3. The maximum absolute atomic E-state index is 11.1. The Bertz CT molecular complexity index is 244. The van der Waals surface area contributed by atoms with Gasteiger partial charge in [0.15, 0.2) is 0 Å². The number of rotatable bonds is 0. The zero-order valence-electron chi connectivity index (χ0n) is 6.00. The van der Waals surface area contributed by atoms with Gasteiger partial charge >= 0.3 is 11.9 Å². The Morgan fingerprint density at radius 1 is 1.27 bits per heavy atom. The molecule has 0 aromatic heterocycles. The molecule has 3 heteroatoms. The second-order valence-electron chi connectivity index (χ2n) is 3.10. The van der Waals surface area contributed by atoms with E-state index in [0.717, 1.165) is 0 Å². The van der Waals surface area contributed by atoms with Crippen LogP contribution in [0.4, 0.5) is 0 Å². The molecule has 0 unspecified atom stereocenters. The molecule has 0 radical (unpaired) electrons. The predicted molar refractivity (Wildman–Crippen MR) is 36.5 cm³/mol. The van der Waals surface area contributed by atoms with Crippen LogP contribution in [0.3, 0.4) is 0 Å². The van der Waals surface area contributed by atoms with E-state index < -0.39 is 5.41 Å². The third-order valence-corrected chi connectivity index (χ3v) is 2.31. The Morgan fingerprint density at radius 3 is 2.36 bits per heavy atom. The van der Waals surface area contributed by atoms with Crippen LogP contribution < -0.4 is 0 Å². The van der Waals surface area contributed by atoms with Crippen molar-refractivity contribution < 1.29 is 14.3 Å². The third-order valence-electron chi connectivity index (χ3n) is 2.31. The summed E-state index contributed by atoms with van der Waals surface area (Å²) in [6.45, 7) is 0. The molecule has 1 saturated heterocycles. The lowest BCUT2D eigenvalue weighted by molar-refractivity contribution is -0.154. The highest BCUT2D eigenvalue weighted by molar-refractivity contribution is 5.97. The summed E-state index contributed by atoms with van der Waals surface area (Å²) in [5, 5.41) is 0. The first-order chi connectivity index (χ1) is 5.23. The highest BCUT2D eigenvalue weighted by Crippen LogP contribution is 2.42. The van der Waals surface area contributed by atoms with E-state index in [4.69, 9.17) is 0 Å². The first kappa shape index (κ1) is 6.58. The summed E-state index contributed by atoms with van der Waals surface area (Å²) in [5.74, 6) is -0.716. The molecule has 0 atom stereocenters. The quantitative estimate of drug-likeness (QED) is 0.293. The molecule has 11 heavy (non-hydrogen) atoms. The molecule has 1 fully saturated rings. The zero-order valence-corrected chi connectivity index (χ0v) is 6.00.